The van der Waals surface area contributed by atoms with Crippen LogP contribution < -0.4 is 20.8 Å². The second-order valence-corrected chi connectivity index (χ2v) is 4.75. The topological polar surface area (TPSA) is 90.2 Å². The molecule has 0 radical (unpaired) electrons. The second-order valence-electron chi connectivity index (χ2n) is 4.75. The van der Waals surface area contributed by atoms with Gasteiger partial charge in [-0.1, -0.05) is 0 Å². The lowest BCUT2D eigenvalue weighted by Crippen LogP contribution is -2.10. The first-order chi connectivity index (χ1) is 9.65. The van der Waals surface area contributed by atoms with Crippen molar-refractivity contribution in [3.63, 3.8) is 0 Å². The van der Waals surface area contributed by atoms with Crippen LogP contribution in [0.2, 0.25) is 0 Å². The monoisotopic (exact) mass is 273 g/mol. The maximum atomic E-state index is 11.6. The molecule has 0 saturated heterocycles. The molecule has 1 aromatic carbocycles. The normalized spacial score (nSPS) is 14.1. The molecule has 1 aliphatic carbocycles. The molecule has 3 N–H and O–H groups in total. The number of nitrogens with zero attached hydrogens (tertiary/aromatic N) is 1. The first kappa shape index (κ1) is 12.5. The van der Waals surface area contributed by atoms with Gasteiger partial charge in [-0.15, -0.1) is 0 Å². The Bertz CT molecular complexity index is 692. The van der Waals surface area contributed by atoms with Gasteiger partial charge < -0.3 is 20.2 Å². The summed E-state index contributed by atoms with van der Waals surface area (Å²) >= 11 is 0. The molecule has 104 valence electrons. The molecule has 1 aliphatic rings. The number of hydrogen-bond acceptors (Lipinski definition) is 5. The number of anilines is 1. The van der Waals surface area contributed by atoms with E-state index in [-0.39, 0.29) is 11.4 Å². The van der Waals surface area contributed by atoms with Crippen LogP contribution in [0.5, 0.6) is 17.4 Å². The van der Waals surface area contributed by atoms with Crippen LogP contribution in [0.15, 0.2) is 29.1 Å². The highest BCUT2D eigenvalue weighted by atomic mass is 16.5. The molecule has 6 nitrogen and oxygen atoms in total. The summed E-state index contributed by atoms with van der Waals surface area (Å²) in [7, 11) is 1.55. The zero-order valence-corrected chi connectivity index (χ0v) is 11.1. The quantitative estimate of drug-likeness (QED) is 0.832. The molecule has 0 unspecified atom stereocenters. The SMILES string of the molecule is COc1ccc(Oc2cc(=O)[nH]c(C3CC3)n2)cc1N. The molecular weight excluding hydrogens is 258 g/mol. The molecule has 20 heavy (non-hydrogen) atoms. The van der Waals surface area contributed by atoms with E-state index in [2.05, 4.69) is 9.97 Å². The highest BCUT2D eigenvalue weighted by Crippen LogP contribution is 2.38. The van der Waals surface area contributed by atoms with E-state index in [9.17, 15) is 4.79 Å². The molecule has 1 aromatic heterocycles. The van der Waals surface area contributed by atoms with Gasteiger partial charge in [0, 0.05) is 12.0 Å². The number of rotatable bonds is 4. The van der Waals surface area contributed by atoms with E-state index in [4.69, 9.17) is 15.2 Å². The fourth-order valence-electron chi connectivity index (χ4n) is 1.95. The average molecular weight is 273 g/mol. The van der Waals surface area contributed by atoms with E-state index in [0.29, 0.717) is 28.9 Å². The molecule has 6 heteroatoms. The average Bonchev–Trinajstić information content (AvgIpc) is 3.22. The molecule has 0 bridgehead atoms. The molecule has 1 saturated carbocycles. The van der Waals surface area contributed by atoms with E-state index in [0.717, 1.165) is 12.8 Å². The minimum Gasteiger partial charge on any atom is -0.495 e. The van der Waals surface area contributed by atoms with E-state index < -0.39 is 0 Å². The number of methoxy groups -OCH3 is 1. The van der Waals surface area contributed by atoms with Crippen LogP contribution in [0, 0.1) is 0 Å². The number of nitrogens with two attached hydrogens (primary N) is 1. The summed E-state index contributed by atoms with van der Waals surface area (Å²) in [4.78, 5) is 18.6. The van der Waals surface area contributed by atoms with Crippen molar-refractivity contribution in [2.75, 3.05) is 12.8 Å². The minimum absolute atomic E-state index is 0.210. The number of H-pyrrole nitrogens is 1. The van der Waals surface area contributed by atoms with Gasteiger partial charge in [-0.05, 0) is 25.0 Å². The molecule has 1 heterocycles. The van der Waals surface area contributed by atoms with Gasteiger partial charge in [0.1, 0.15) is 17.3 Å². The molecule has 0 aliphatic heterocycles. The van der Waals surface area contributed by atoms with Gasteiger partial charge in [-0.25, -0.2) is 0 Å². The predicted molar refractivity (Wildman–Crippen MR) is 74.3 cm³/mol. The molecule has 1 fully saturated rings. The van der Waals surface area contributed by atoms with Gasteiger partial charge in [-0.2, -0.15) is 4.98 Å². The highest BCUT2D eigenvalue weighted by Gasteiger charge is 2.26. The number of benzene rings is 1. The van der Waals surface area contributed by atoms with E-state index >= 15 is 0 Å². The summed E-state index contributed by atoms with van der Waals surface area (Å²) in [6, 6.07) is 6.39. The van der Waals surface area contributed by atoms with Gasteiger partial charge in [0.25, 0.3) is 5.56 Å². The Morgan fingerprint density at radius 1 is 1.35 bits per heavy atom. The Morgan fingerprint density at radius 3 is 2.80 bits per heavy atom. The Kier molecular flexibility index (Phi) is 3.06. The maximum Gasteiger partial charge on any atom is 0.254 e. The number of nitrogens with one attached hydrogen (secondary N) is 1. The summed E-state index contributed by atoms with van der Waals surface area (Å²) in [5, 5.41) is 0. The van der Waals surface area contributed by atoms with Gasteiger partial charge in [0.2, 0.25) is 5.88 Å². The summed E-state index contributed by atoms with van der Waals surface area (Å²) < 4.78 is 10.7. The summed E-state index contributed by atoms with van der Waals surface area (Å²) in [5.41, 5.74) is 6.07. The largest absolute Gasteiger partial charge is 0.495 e. The van der Waals surface area contributed by atoms with Crippen molar-refractivity contribution in [2.45, 2.75) is 18.8 Å². The van der Waals surface area contributed by atoms with E-state index in [1.165, 1.54) is 6.07 Å². The summed E-state index contributed by atoms with van der Waals surface area (Å²) in [6.07, 6.45) is 2.11. The smallest absolute Gasteiger partial charge is 0.254 e. The lowest BCUT2D eigenvalue weighted by Gasteiger charge is -2.08. The molecule has 2 aromatic rings. The molecule has 0 atom stereocenters. The first-order valence-electron chi connectivity index (χ1n) is 6.38. The number of aromatic nitrogens is 2. The fourth-order valence-corrected chi connectivity index (χ4v) is 1.95. The maximum absolute atomic E-state index is 11.6. The van der Waals surface area contributed by atoms with Crippen LogP contribution in [0.4, 0.5) is 5.69 Å². The van der Waals surface area contributed by atoms with Crippen LogP contribution in [0.25, 0.3) is 0 Å². The number of aromatic amines is 1. The molecular formula is C14H15N3O3. The second kappa shape index (κ2) is 4.88. The third kappa shape index (κ3) is 2.59. The van der Waals surface area contributed by atoms with Crippen LogP contribution in [-0.2, 0) is 0 Å². The van der Waals surface area contributed by atoms with Crippen molar-refractivity contribution in [2.24, 2.45) is 0 Å². The minimum atomic E-state index is -0.210. The van der Waals surface area contributed by atoms with Crippen LogP contribution in [0.1, 0.15) is 24.6 Å². The fraction of sp³-hybridized carbons (Fsp3) is 0.286. The Hall–Kier alpha value is -2.50. The number of ether oxygens (including phenoxy) is 2. The van der Waals surface area contributed by atoms with E-state index in [1.807, 2.05) is 0 Å². The van der Waals surface area contributed by atoms with Crippen LogP contribution >= 0.6 is 0 Å². The first-order valence-corrected chi connectivity index (χ1v) is 6.38. The van der Waals surface area contributed by atoms with Crippen molar-refractivity contribution < 1.29 is 9.47 Å². The number of hydrogen-bond donors (Lipinski definition) is 2. The third-order valence-corrected chi connectivity index (χ3v) is 3.12. The Balaban J connectivity index is 1.87. The third-order valence-electron chi connectivity index (χ3n) is 3.12. The highest BCUT2D eigenvalue weighted by molar-refractivity contribution is 5.56. The van der Waals surface area contributed by atoms with Crippen molar-refractivity contribution in [1.29, 1.82) is 0 Å². The van der Waals surface area contributed by atoms with Gasteiger partial charge in [0.05, 0.1) is 18.9 Å². The predicted octanol–water partition coefficient (Wildman–Crippen LogP) is 2.03. The Morgan fingerprint density at radius 2 is 2.15 bits per heavy atom. The van der Waals surface area contributed by atoms with Gasteiger partial charge in [0.15, 0.2) is 0 Å². The van der Waals surface area contributed by atoms with E-state index in [1.54, 1.807) is 25.3 Å². The van der Waals surface area contributed by atoms with Crippen LogP contribution in [-0.4, -0.2) is 17.1 Å². The lowest BCUT2D eigenvalue weighted by molar-refractivity contribution is 0.414. The van der Waals surface area contributed by atoms with Gasteiger partial charge in [-0.3, -0.25) is 4.79 Å². The van der Waals surface area contributed by atoms with Gasteiger partial charge >= 0.3 is 0 Å². The van der Waals surface area contributed by atoms with Crippen LogP contribution in [0.3, 0.4) is 0 Å². The van der Waals surface area contributed by atoms with Crippen molar-refractivity contribution in [1.82, 2.24) is 9.97 Å². The van der Waals surface area contributed by atoms with Crippen molar-refractivity contribution in [3.05, 3.63) is 40.4 Å². The summed E-state index contributed by atoms with van der Waals surface area (Å²) in [6.45, 7) is 0. The zero-order valence-electron chi connectivity index (χ0n) is 11.1. The lowest BCUT2D eigenvalue weighted by atomic mass is 10.3. The zero-order chi connectivity index (χ0) is 14.1. The molecule has 0 spiro atoms. The number of nitrogen functional groups attached to an aromatic ring is 1. The standard InChI is InChI=1S/C14H15N3O3/c1-19-11-5-4-9(6-10(11)15)20-13-7-12(18)16-14(17-13)8-2-3-8/h4-8H,2-3,15H2,1H3,(H,16,17,18). The molecule has 0 amide bonds. The Labute approximate surface area is 115 Å². The summed E-state index contributed by atoms with van der Waals surface area (Å²) in [5.74, 6) is 2.42. The van der Waals surface area contributed by atoms with Crippen molar-refractivity contribution >= 4 is 5.69 Å². The molecule has 3 rings (SSSR count). The van der Waals surface area contributed by atoms with Crippen molar-refractivity contribution in [3.8, 4) is 17.4 Å².